The number of nitrogens with zero attached hydrogens (tertiary/aromatic N) is 2. The normalized spacial score (nSPS) is 19.4. The number of benzene rings is 1. The number of nitriles is 1. The van der Waals surface area contributed by atoms with Crippen LogP contribution in [0.2, 0.25) is 0 Å². The smallest absolute Gasteiger partial charge is 0.230 e. The number of ether oxygens (including phenoxy) is 1. The minimum Gasteiger partial charge on any atom is -0.494 e. The van der Waals surface area contributed by atoms with Crippen molar-refractivity contribution in [3.63, 3.8) is 0 Å². The Labute approximate surface area is 164 Å². The quantitative estimate of drug-likeness (QED) is 0.753. The SMILES string of the molecule is CCOc1ccc2cc(C#N)c(SCC(=O)N[C@@H]3CCCC[C@@H]3C)nc2c1. The summed E-state index contributed by atoms with van der Waals surface area (Å²) in [6, 6.07) is 9.93. The predicted molar refractivity (Wildman–Crippen MR) is 108 cm³/mol. The summed E-state index contributed by atoms with van der Waals surface area (Å²) < 4.78 is 5.53. The van der Waals surface area contributed by atoms with Crippen LogP contribution in [0.3, 0.4) is 0 Å². The van der Waals surface area contributed by atoms with Gasteiger partial charge in [-0.05, 0) is 43.9 Å². The van der Waals surface area contributed by atoms with Gasteiger partial charge in [-0.25, -0.2) is 4.98 Å². The highest BCUT2D eigenvalue weighted by Gasteiger charge is 2.23. The van der Waals surface area contributed by atoms with Crippen molar-refractivity contribution in [1.82, 2.24) is 10.3 Å². The van der Waals surface area contributed by atoms with E-state index >= 15 is 0 Å². The van der Waals surface area contributed by atoms with Crippen LogP contribution in [0.25, 0.3) is 10.9 Å². The van der Waals surface area contributed by atoms with E-state index in [-0.39, 0.29) is 17.7 Å². The molecule has 1 aromatic carbocycles. The highest BCUT2D eigenvalue weighted by Crippen LogP contribution is 2.28. The first-order chi connectivity index (χ1) is 13.1. The number of carbonyl (C=O) groups excluding carboxylic acids is 1. The number of hydrogen-bond acceptors (Lipinski definition) is 5. The molecule has 1 fully saturated rings. The molecule has 1 amide bonds. The highest BCUT2D eigenvalue weighted by molar-refractivity contribution is 8.00. The third-order valence-electron chi connectivity index (χ3n) is 4.98. The lowest BCUT2D eigenvalue weighted by atomic mass is 9.86. The molecule has 0 aliphatic heterocycles. The Morgan fingerprint density at radius 2 is 2.19 bits per heavy atom. The van der Waals surface area contributed by atoms with E-state index in [4.69, 9.17) is 4.74 Å². The Morgan fingerprint density at radius 1 is 1.37 bits per heavy atom. The zero-order valence-corrected chi connectivity index (χ0v) is 16.6. The van der Waals surface area contributed by atoms with Crippen molar-refractivity contribution in [3.8, 4) is 11.8 Å². The van der Waals surface area contributed by atoms with Gasteiger partial charge >= 0.3 is 0 Å². The largest absolute Gasteiger partial charge is 0.494 e. The topological polar surface area (TPSA) is 75.0 Å². The molecule has 6 heteroatoms. The predicted octanol–water partition coefficient (Wildman–Crippen LogP) is 4.29. The van der Waals surface area contributed by atoms with Crippen LogP contribution in [0.1, 0.15) is 45.1 Å². The molecule has 1 aliphatic carbocycles. The monoisotopic (exact) mass is 383 g/mol. The molecule has 142 valence electrons. The minimum absolute atomic E-state index is 0.00704. The zero-order chi connectivity index (χ0) is 19.2. The van der Waals surface area contributed by atoms with Crippen LogP contribution in [0.15, 0.2) is 29.3 Å². The Bertz CT molecular complexity index is 862. The van der Waals surface area contributed by atoms with Crippen LogP contribution in [-0.2, 0) is 4.79 Å². The molecule has 1 N–H and O–H groups in total. The first kappa shape index (κ1) is 19.5. The second-order valence-electron chi connectivity index (χ2n) is 6.96. The number of rotatable bonds is 6. The molecule has 0 saturated heterocycles. The van der Waals surface area contributed by atoms with Gasteiger partial charge in [0.15, 0.2) is 0 Å². The van der Waals surface area contributed by atoms with Gasteiger partial charge in [0.1, 0.15) is 16.8 Å². The van der Waals surface area contributed by atoms with Gasteiger partial charge in [-0.1, -0.05) is 31.5 Å². The number of fused-ring (bicyclic) bond motifs is 1. The highest BCUT2D eigenvalue weighted by atomic mass is 32.2. The third-order valence-corrected chi connectivity index (χ3v) is 5.97. The summed E-state index contributed by atoms with van der Waals surface area (Å²) in [7, 11) is 0. The lowest BCUT2D eigenvalue weighted by Crippen LogP contribution is -2.41. The van der Waals surface area contributed by atoms with Gasteiger partial charge in [0.2, 0.25) is 5.91 Å². The van der Waals surface area contributed by atoms with Crippen molar-refractivity contribution in [2.75, 3.05) is 12.4 Å². The summed E-state index contributed by atoms with van der Waals surface area (Å²) in [5.74, 6) is 1.55. The van der Waals surface area contributed by atoms with E-state index in [2.05, 4.69) is 23.3 Å². The summed E-state index contributed by atoms with van der Waals surface area (Å²) in [6.07, 6.45) is 4.65. The number of pyridine rings is 1. The molecular formula is C21H25N3O2S. The molecule has 1 aromatic heterocycles. The van der Waals surface area contributed by atoms with E-state index in [1.807, 2.05) is 31.2 Å². The van der Waals surface area contributed by atoms with Crippen LogP contribution in [-0.4, -0.2) is 29.3 Å². The summed E-state index contributed by atoms with van der Waals surface area (Å²) in [5.41, 5.74) is 1.26. The average Bonchev–Trinajstić information content (AvgIpc) is 2.67. The van der Waals surface area contributed by atoms with Gasteiger partial charge in [-0.2, -0.15) is 5.26 Å². The van der Waals surface area contributed by atoms with Gasteiger partial charge in [-0.15, -0.1) is 0 Å². The third kappa shape index (κ3) is 4.92. The number of nitrogens with one attached hydrogen (secondary N) is 1. The number of amides is 1. The van der Waals surface area contributed by atoms with Gasteiger partial charge in [0.05, 0.1) is 23.4 Å². The molecule has 27 heavy (non-hydrogen) atoms. The molecule has 3 rings (SSSR count). The fourth-order valence-corrected chi connectivity index (χ4v) is 4.26. The van der Waals surface area contributed by atoms with Crippen LogP contribution in [0.4, 0.5) is 0 Å². The first-order valence-electron chi connectivity index (χ1n) is 9.50. The van der Waals surface area contributed by atoms with Crippen LogP contribution in [0.5, 0.6) is 5.75 Å². The number of hydrogen-bond donors (Lipinski definition) is 1. The maximum Gasteiger partial charge on any atom is 0.230 e. The van der Waals surface area contributed by atoms with Crippen molar-refractivity contribution in [1.29, 1.82) is 5.26 Å². The van der Waals surface area contributed by atoms with Crippen LogP contribution in [0, 0.1) is 17.2 Å². The van der Waals surface area contributed by atoms with Crippen LogP contribution >= 0.6 is 11.8 Å². The van der Waals surface area contributed by atoms with Crippen molar-refractivity contribution in [2.24, 2.45) is 5.92 Å². The van der Waals surface area contributed by atoms with Crippen molar-refractivity contribution < 1.29 is 9.53 Å². The molecule has 0 bridgehead atoms. The first-order valence-corrected chi connectivity index (χ1v) is 10.5. The zero-order valence-electron chi connectivity index (χ0n) is 15.8. The molecule has 2 atom stereocenters. The van der Waals surface area contributed by atoms with Crippen molar-refractivity contribution in [3.05, 3.63) is 29.8 Å². The van der Waals surface area contributed by atoms with E-state index in [1.165, 1.54) is 31.0 Å². The molecule has 5 nitrogen and oxygen atoms in total. The van der Waals surface area contributed by atoms with Gasteiger partial charge in [0, 0.05) is 17.5 Å². The van der Waals surface area contributed by atoms with E-state index in [0.29, 0.717) is 23.1 Å². The molecule has 0 spiro atoms. The van der Waals surface area contributed by atoms with Gasteiger partial charge < -0.3 is 10.1 Å². The Balaban J connectivity index is 1.71. The molecular weight excluding hydrogens is 358 g/mol. The van der Waals surface area contributed by atoms with E-state index in [9.17, 15) is 10.1 Å². The van der Waals surface area contributed by atoms with Gasteiger partial charge in [-0.3, -0.25) is 4.79 Å². The fourth-order valence-electron chi connectivity index (χ4n) is 3.49. The Morgan fingerprint density at radius 3 is 2.93 bits per heavy atom. The molecule has 1 heterocycles. The molecule has 1 saturated carbocycles. The van der Waals surface area contributed by atoms with Crippen molar-refractivity contribution in [2.45, 2.75) is 50.6 Å². The lowest BCUT2D eigenvalue weighted by Gasteiger charge is -2.29. The summed E-state index contributed by atoms with van der Waals surface area (Å²) in [4.78, 5) is 17.0. The van der Waals surface area contributed by atoms with Gasteiger partial charge in [0.25, 0.3) is 0 Å². The lowest BCUT2D eigenvalue weighted by molar-refractivity contribution is -0.119. The Kier molecular flexibility index (Phi) is 6.57. The summed E-state index contributed by atoms with van der Waals surface area (Å²) >= 11 is 1.32. The minimum atomic E-state index is 0.00704. The second kappa shape index (κ2) is 9.09. The number of thioether (sulfide) groups is 1. The maximum atomic E-state index is 12.4. The Hall–Kier alpha value is -2.26. The van der Waals surface area contributed by atoms with E-state index < -0.39 is 0 Å². The van der Waals surface area contributed by atoms with Crippen LogP contribution < -0.4 is 10.1 Å². The molecule has 1 aliphatic rings. The number of carbonyl (C=O) groups is 1. The molecule has 2 aromatic rings. The second-order valence-corrected chi connectivity index (χ2v) is 7.93. The number of aromatic nitrogens is 1. The standard InChI is InChI=1S/C21H25N3O2S/c1-3-26-17-9-8-15-10-16(12-22)21(24-19(15)11-17)27-13-20(25)23-18-7-5-4-6-14(18)2/h8-11,14,18H,3-7,13H2,1-2H3,(H,23,25)/t14-,18+/m0/s1. The average molecular weight is 384 g/mol. The molecule has 0 unspecified atom stereocenters. The molecule has 0 radical (unpaired) electrons. The summed E-state index contributed by atoms with van der Waals surface area (Å²) in [6.45, 7) is 4.72. The van der Waals surface area contributed by atoms with E-state index in [0.717, 1.165) is 23.1 Å². The summed E-state index contributed by atoms with van der Waals surface area (Å²) in [5, 5.41) is 14.1. The fraction of sp³-hybridized carbons (Fsp3) is 0.476. The van der Waals surface area contributed by atoms with Crippen molar-refractivity contribution >= 4 is 28.6 Å². The maximum absolute atomic E-state index is 12.4. The van der Waals surface area contributed by atoms with E-state index in [1.54, 1.807) is 0 Å².